The van der Waals surface area contributed by atoms with Gasteiger partial charge in [0.25, 0.3) is 0 Å². The minimum atomic E-state index is -0.162. The van der Waals surface area contributed by atoms with Crippen LogP contribution in [-0.4, -0.2) is 36.6 Å². The van der Waals surface area contributed by atoms with Gasteiger partial charge in [-0.25, -0.2) is 0 Å². The highest BCUT2D eigenvalue weighted by Gasteiger charge is 2.16. The van der Waals surface area contributed by atoms with E-state index < -0.39 is 0 Å². The van der Waals surface area contributed by atoms with Crippen LogP contribution in [0.2, 0.25) is 0 Å². The summed E-state index contributed by atoms with van der Waals surface area (Å²) in [5.74, 6) is 1.49. The van der Waals surface area contributed by atoms with Crippen LogP contribution < -0.4 is 10.1 Å². The normalized spacial score (nSPS) is 10.8. The molecule has 2 aromatic heterocycles. The molecule has 1 amide bonds. The first kappa shape index (κ1) is 22.9. The van der Waals surface area contributed by atoms with Gasteiger partial charge >= 0.3 is 0 Å². The summed E-state index contributed by atoms with van der Waals surface area (Å²) in [4.78, 5) is 12.4. The molecule has 170 valence electrons. The number of nitrogens with one attached hydrogen (secondary N) is 1. The molecule has 0 saturated heterocycles. The minimum Gasteiger partial charge on any atom is -0.486 e. The van der Waals surface area contributed by atoms with Crippen molar-refractivity contribution in [3.8, 4) is 5.75 Å². The van der Waals surface area contributed by atoms with E-state index in [9.17, 15) is 4.79 Å². The van der Waals surface area contributed by atoms with Crippen LogP contribution in [0.1, 0.15) is 28.9 Å². The van der Waals surface area contributed by atoms with E-state index in [4.69, 9.17) is 4.74 Å². The monoisotopic (exact) mass is 480 g/mol. The predicted molar refractivity (Wildman–Crippen MR) is 130 cm³/mol. The molecule has 0 unspecified atom stereocenters. The van der Waals surface area contributed by atoms with Gasteiger partial charge < -0.3 is 4.74 Å². The van der Waals surface area contributed by atoms with Crippen molar-refractivity contribution < 1.29 is 9.53 Å². The van der Waals surface area contributed by atoms with Crippen molar-refractivity contribution in [2.45, 2.75) is 38.6 Å². The zero-order valence-corrected chi connectivity index (χ0v) is 20.0. The van der Waals surface area contributed by atoms with Crippen LogP contribution in [0.5, 0.6) is 5.75 Å². The Hall–Kier alpha value is -3.24. The van der Waals surface area contributed by atoms with Crippen LogP contribution in [0.25, 0.3) is 0 Å². The molecule has 33 heavy (non-hydrogen) atoms. The lowest BCUT2D eigenvalue weighted by Gasteiger charge is -2.11. The van der Waals surface area contributed by atoms with Crippen molar-refractivity contribution in [3.63, 3.8) is 0 Å². The van der Waals surface area contributed by atoms with Gasteiger partial charge in [-0.1, -0.05) is 78.1 Å². The Morgan fingerprint density at radius 1 is 1.06 bits per heavy atom. The fourth-order valence-electron chi connectivity index (χ4n) is 2.97. The van der Waals surface area contributed by atoms with E-state index in [-0.39, 0.29) is 18.3 Å². The molecular weight excluding hydrogens is 456 g/mol. The maximum atomic E-state index is 12.4. The summed E-state index contributed by atoms with van der Waals surface area (Å²) >= 11 is 2.71. The molecule has 8 nitrogen and oxygen atoms in total. The Kier molecular flexibility index (Phi) is 7.69. The summed E-state index contributed by atoms with van der Waals surface area (Å²) in [6.07, 6.45) is 0.790. The number of benzene rings is 2. The van der Waals surface area contributed by atoms with Gasteiger partial charge in [0.15, 0.2) is 11.0 Å². The Bertz CT molecular complexity index is 1190. The number of ether oxygens (including phenoxy) is 1. The first-order valence-electron chi connectivity index (χ1n) is 10.5. The second kappa shape index (κ2) is 11.1. The van der Waals surface area contributed by atoms with Crippen LogP contribution in [0.4, 0.5) is 5.13 Å². The number of thioether (sulfide) groups is 1. The molecule has 0 bridgehead atoms. The summed E-state index contributed by atoms with van der Waals surface area (Å²) in [5, 5.41) is 21.5. The Morgan fingerprint density at radius 2 is 1.85 bits per heavy atom. The van der Waals surface area contributed by atoms with Gasteiger partial charge in [0.05, 0.1) is 12.3 Å². The number of carbonyl (C=O) groups is 1. The lowest BCUT2D eigenvalue weighted by molar-refractivity contribution is -0.113. The van der Waals surface area contributed by atoms with Crippen LogP contribution in [-0.2, 0) is 24.4 Å². The summed E-state index contributed by atoms with van der Waals surface area (Å²) in [7, 11) is 0. The van der Waals surface area contributed by atoms with Crippen LogP contribution >= 0.6 is 23.1 Å². The third kappa shape index (κ3) is 6.39. The van der Waals surface area contributed by atoms with Crippen molar-refractivity contribution in [2.75, 3.05) is 11.1 Å². The summed E-state index contributed by atoms with van der Waals surface area (Å²) in [6, 6.07) is 17.9. The number of hydrogen-bond acceptors (Lipinski definition) is 8. The summed E-state index contributed by atoms with van der Waals surface area (Å²) in [5.41, 5.74) is 2.28. The average Bonchev–Trinajstić information content (AvgIpc) is 3.44. The van der Waals surface area contributed by atoms with E-state index in [1.165, 1.54) is 28.7 Å². The molecule has 0 radical (unpaired) electrons. The second-order valence-corrected chi connectivity index (χ2v) is 9.27. The van der Waals surface area contributed by atoms with E-state index in [2.05, 4.69) is 25.7 Å². The molecule has 0 aliphatic rings. The number of carbonyl (C=O) groups excluding carboxylic acids is 1. The number of nitrogens with zero attached hydrogens (tertiary/aromatic N) is 5. The second-order valence-electron chi connectivity index (χ2n) is 7.26. The lowest BCUT2D eigenvalue weighted by atomic mass is 10.2. The van der Waals surface area contributed by atoms with Crippen molar-refractivity contribution in [1.82, 2.24) is 25.0 Å². The number of amides is 1. The third-order valence-corrected chi connectivity index (χ3v) is 6.66. The minimum absolute atomic E-state index is 0.162. The standard InChI is InChI=1S/C23H24N6O2S2/c1-3-21-26-27-22(33-21)24-20(30)15-32-23-28-25-19(14-31-18-11-9-16(2)10-12-18)29(23)13-17-7-5-4-6-8-17/h4-12H,3,13-15H2,1-2H3,(H,24,27,30). The SMILES string of the molecule is CCc1nnc(NC(=O)CSc2nnc(COc3ccc(C)cc3)n2Cc2ccccc2)s1. The van der Waals surface area contributed by atoms with Gasteiger partial charge in [0.1, 0.15) is 17.4 Å². The number of rotatable bonds is 10. The number of aromatic nitrogens is 5. The Labute approximate surface area is 200 Å². The van der Waals surface area contributed by atoms with Gasteiger partial charge in [-0.15, -0.1) is 20.4 Å². The zero-order chi connectivity index (χ0) is 23.0. The predicted octanol–water partition coefficient (Wildman–Crippen LogP) is 4.36. The maximum absolute atomic E-state index is 12.4. The van der Waals surface area contributed by atoms with Gasteiger partial charge in [-0.3, -0.25) is 14.7 Å². The highest BCUT2D eigenvalue weighted by Crippen LogP contribution is 2.22. The molecule has 0 aliphatic heterocycles. The van der Waals surface area contributed by atoms with Crippen molar-refractivity contribution in [1.29, 1.82) is 0 Å². The molecular formula is C23H24N6O2S2. The first-order chi connectivity index (χ1) is 16.1. The van der Waals surface area contributed by atoms with E-state index in [0.717, 1.165) is 22.7 Å². The van der Waals surface area contributed by atoms with E-state index in [0.29, 0.717) is 22.7 Å². The molecule has 0 fully saturated rings. The third-order valence-electron chi connectivity index (χ3n) is 4.71. The molecule has 0 spiro atoms. The van der Waals surface area contributed by atoms with E-state index in [1.807, 2.05) is 73.0 Å². The van der Waals surface area contributed by atoms with Gasteiger partial charge in [0, 0.05) is 0 Å². The molecule has 10 heteroatoms. The number of hydrogen-bond donors (Lipinski definition) is 1. The van der Waals surface area contributed by atoms with Crippen molar-refractivity contribution in [2.24, 2.45) is 0 Å². The quantitative estimate of drug-likeness (QED) is 0.337. The number of aryl methyl sites for hydroxylation is 2. The highest BCUT2D eigenvalue weighted by atomic mass is 32.2. The molecule has 0 atom stereocenters. The molecule has 1 N–H and O–H groups in total. The topological polar surface area (TPSA) is 94.8 Å². The summed E-state index contributed by atoms with van der Waals surface area (Å²) < 4.78 is 7.92. The van der Waals surface area contributed by atoms with Crippen molar-refractivity contribution >= 4 is 34.1 Å². The maximum Gasteiger partial charge on any atom is 0.236 e. The van der Waals surface area contributed by atoms with Crippen LogP contribution in [0, 0.1) is 6.92 Å². The van der Waals surface area contributed by atoms with Gasteiger partial charge in [-0.05, 0) is 31.0 Å². The molecule has 0 aliphatic carbocycles. The van der Waals surface area contributed by atoms with Crippen LogP contribution in [0.15, 0.2) is 59.8 Å². The highest BCUT2D eigenvalue weighted by molar-refractivity contribution is 7.99. The van der Waals surface area contributed by atoms with Crippen LogP contribution in [0.3, 0.4) is 0 Å². The Balaban J connectivity index is 1.45. The largest absolute Gasteiger partial charge is 0.486 e. The molecule has 4 aromatic rings. The fourth-order valence-corrected chi connectivity index (χ4v) is 4.42. The van der Waals surface area contributed by atoms with E-state index in [1.54, 1.807) is 0 Å². The van der Waals surface area contributed by atoms with E-state index >= 15 is 0 Å². The fraction of sp³-hybridized carbons (Fsp3) is 0.261. The number of anilines is 1. The average molecular weight is 481 g/mol. The van der Waals surface area contributed by atoms with Gasteiger partial charge in [-0.2, -0.15) is 0 Å². The van der Waals surface area contributed by atoms with Gasteiger partial charge in [0.2, 0.25) is 11.0 Å². The molecule has 2 aromatic carbocycles. The smallest absolute Gasteiger partial charge is 0.236 e. The molecule has 4 rings (SSSR count). The lowest BCUT2D eigenvalue weighted by Crippen LogP contribution is -2.15. The zero-order valence-electron chi connectivity index (χ0n) is 18.4. The summed E-state index contributed by atoms with van der Waals surface area (Å²) in [6.45, 7) is 4.90. The Morgan fingerprint density at radius 3 is 2.58 bits per heavy atom. The first-order valence-corrected chi connectivity index (χ1v) is 12.3. The van der Waals surface area contributed by atoms with Crippen molar-refractivity contribution in [3.05, 3.63) is 76.6 Å². The molecule has 0 saturated carbocycles. The molecule has 2 heterocycles.